The monoisotopic (exact) mass is 484 g/mol. The topological polar surface area (TPSA) is 97.1 Å². The number of unbranched alkanes of at least 4 members (excludes halogenated alkanes) is 3. The Morgan fingerprint density at radius 1 is 0.727 bits per heavy atom. The average molecular weight is 485 g/mol. The van der Waals surface area contributed by atoms with E-state index in [1.807, 2.05) is 60.7 Å². The minimum absolute atomic E-state index is 0. The Balaban J connectivity index is 0.00000306. The molecule has 33 heavy (non-hydrogen) atoms. The molecule has 0 aliphatic rings. The van der Waals surface area contributed by atoms with Crippen LogP contribution in [0.4, 0.5) is 17.1 Å². The minimum atomic E-state index is -3.36. The Labute approximate surface area is 201 Å². The van der Waals surface area contributed by atoms with Crippen LogP contribution in [0.25, 0.3) is 21.8 Å². The summed E-state index contributed by atoms with van der Waals surface area (Å²) in [6.45, 7) is 0.649. The van der Waals surface area contributed by atoms with E-state index in [2.05, 4.69) is 10.0 Å². The number of hydrogen-bond donors (Lipinski definition) is 3. The second-order valence-electron chi connectivity index (χ2n) is 7.85. The van der Waals surface area contributed by atoms with Crippen LogP contribution in [0.2, 0.25) is 0 Å². The number of nitrogens with one attached hydrogen (secondary N) is 2. The lowest BCUT2D eigenvalue weighted by Gasteiger charge is -2.14. The van der Waals surface area contributed by atoms with Crippen LogP contribution in [0.15, 0.2) is 72.8 Å². The SMILES string of the molecule is Cl.NCCCCCCS(=O)(=O)Nc1ccc(Nc2c3ccccc3nc3ccccc23)cc1. The molecule has 3 aromatic carbocycles. The molecule has 1 heterocycles. The van der Waals surface area contributed by atoms with Crippen molar-refractivity contribution in [2.24, 2.45) is 5.73 Å². The molecule has 0 radical (unpaired) electrons. The summed E-state index contributed by atoms with van der Waals surface area (Å²) in [5.74, 6) is 0.118. The molecule has 0 fully saturated rings. The molecule has 6 nitrogen and oxygen atoms in total. The number of pyridine rings is 1. The molecule has 0 atom stereocenters. The van der Waals surface area contributed by atoms with Crippen LogP contribution in [-0.4, -0.2) is 25.7 Å². The summed E-state index contributed by atoms with van der Waals surface area (Å²) >= 11 is 0. The standard InChI is InChI=1S/C25H28N4O2S.ClH/c26-17-7-1-2-8-18-32(30,31)29-20-15-13-19(14-16-20)27-25-21-9-3-5-11-23(21)28-24-12-6-4-10-22(24)25;/h3-6,9-16,29H,1-2,7-8,17-18,26H2,(H,27,28);1H. The number of hydrogen-bond acceptors (Lipinski definition) is 5. The molecule has 4 N–H and O–H groups in total. The predicted molar refractivity (Wildman–Crippen MR) is 141 cm³/mol. The van der Waals surface area contributed by atoms with E-state index in [9.17, 15) is 8.42 Å². The Morgan fingerprint density at radius 3 is 1.88 bits per heavy atom. The quantitative estimate of drug-likeness (QED) is 0.195. The highest BCUT2D eigenvalue weighted by Crippen LogP contribution is 2.33. The zero-order valence-electron chi connectivity index (χ0n) is 18.3. The molecule has 4 aromatic rings. The molecule has 0 aliphatic carbocycles. The lowest BCUT2D eigenvalue weighted by Crippen LogP contribution is -2.16. The van der Waals surface area contributed by atoms with Gasteiger partial charge in [-0.05, 0) is 55.8 Å². The number of fused-ring (bicyclic) bond motifs is 2. The summed E-state index contributed by atoms with van der Waals surface area (Å²) in [4.78, 5) is 4.75. The fraction of sp³-hybridized carbons (Fsp3) is 0.240. The van der Waals surface area contributed by atoms with E-state index >= 15 is 0 Å². The number of nitrogens with zero attached hydrogens (tertiary/aromatic N) is 1. The van der Waals surface area contributed by atoms with E-state index < -0.39 is 10.0 Å². The van der Waals surface area contributed by atoms with Crippen molar-refractivity contribution in [3.63, 3.8) is 0 Å². The number of anilines is 3. The largest absolute Gasteiger partial charge is 0.354 e. The van der Waals surface area contributed by atoms with Crippen LogP contribution in [0, 0.1) is 0 Å². The van der Waals surface area contributed by atoms with E-state index in [4.69, 9.17) is 10.7 Å². The van der Waals surface area contributed by atoms with E-state index in [1.165, 1.54) is 0 Å². The van der Waals surface area contributed by atoms with Crippen LogP contribution in [0.5, 0.6) is 0 Å². The fourth-order valence-corrected chi connectivity index (χ4v) is 4.94. The van der Waals surface area contributed by atoms with Crippen LogP contribution >= 0.6 is 12.4 Å². The predicted octanol–water partition coefficient (Wildman–Crippen LogP) is 5.81. The van der Waals surface area contributed by atoms with Gasteiger partial charge in [0, 0.05) is 22.1 Å². The highest BCUT2D eigenvalue weighted by molar-refractivity contribution is 7.92. The zero-order valence-corrected chi connectivity index (χ0v) is 20.0. The van der Waals surface area contributed by atoms with Gasteiger partial charge in [-0.2, -0.15) is 0 Å². The molecule has 0 saturated heterocycles. The van der Waals surface area contributed by atoms with Gasteiger partial charge in [-0.15, -0.1) is 12.4 Å². The lowest BCUT2D eigenvalue weighted by molar-refractivity contribution is 0.593. The Kier molecular flexibility index (Phi) is 8.49. The smallest absolute Gasteiger partial charge is 0.232 e. The van der Waals surface area contributed by atoms with Gasteiger partial charge in [0.2, 0.25) is 10.0 Å². The molecule has 0 spiro atoms. The summed E-state index contributed by atoms with van der Waals surface area (Å²) < 4.78 is 27.4. The molecule has 174 valence electrons. The van der Waals surface area contributed by atoms with Crippen LogP contribution < -0.4 is 15.8 Å². The molecular formula is C25H29ClN4O2S. The maximum absolute atomic E-state index is 12.3. The normalized spacial score (nSPS) is 11.3. The van der Waals surface area contributed by atoms with Crippen molar-refractivity contribution in [1.29, 1.82) is 0 Å². The Bertz CT molecular complexity index is 1260. The zero-order chi connectivity index (χ0) is 22.4. The van der Waals surface area contributed by atoms with Crippen molar-refractivity contribution in [3.8, 4) is 0 Å². The first-order valence-electron chi connectivity index (χ1n) is 10.9. The number of benzene rings is 3. The highest BCUT2D eigenvalue weighted by atomic mass is 35.5. The molecule has 0 amide bonds. The van der Waals surface area contributed by atoms with Gasteiger partial charge in [0.25, 0.3) is 0 Å². The number of rotatable bonds is 10. The summed E-state index contributed by atoms with van der Waals surface area (Å²) in [5, 5.41) is 5.57. The first kappa shape index (κ1) is 24.8. The summed E-state index contributed by atoms with van der Waals surface area (Å²) in [6.07, 6.45) is 3.40. The van der Waals surface area contributed by atoms with Crippen LogP contribution in [-0.2, 0) is 10.0 Å². The molecule has 0 unspecified atom stereocenters. The number of halogens is 1. The van der Waals surface area contributed by atoms with Gasteiger partial charge in [-0.1, -0.05) is 49.2 Å². The fourth-order valence-electron chi connectivity index (χ4n) is 3.76. The summed E-state index contributed by atoms with van der Waals surface area (Å²) in [6, 6.07) is 23.4. The van der Waals surface area contributed by atoms with Gasteiger partial charge in [-0.25, -0.2) is 13.4 Å². The van der Waals surface area contributed by atoms with Gasteiger partial charge in [0.15, 0.2) is 0 Å². The van der Waals surface area contributed by atoms with Crippen molar-refractivity contribution in [3.05, 3.63) is 72.8 Å². The number of sulfonamides is 1. The Morgan fingerprint density at radius 2 is 1.27 bits per heavy atom. The number of para-hydroxylation sites is 2. The maximum atomic E-state index is 12.3. The van der Waals surface area contributed by atoms with E-state index in [1.54, 1.807) is 12.1 Å². The molecule has 0 saturated carbocycles. The van der Waals surface area contributed by atoms with Gasteiger partial charge >= 0.3 is 0 Å². The van der Waals surface area contributed by atoms with Crippen molar-refractivity contribution >= 4 is 61.3 Å². The molecule has 1 aromatic heterocycles. The molecular weight excluding hydrogens is 456 g/mol. The van der Waals surface area contributed by atoms with Crippen molar-refractivity contribution in [1.82, 2.24) is 4.98 Å². The van der Waals surface area contributed by atoms with Crippen molar-refractivity contribution in [2.45, 2.75) is 25.7 Å². The van der Waals surface area contributed by atoms with Crippen LogP contribution in [0.3, 0.4) is 0 Å². The molecule has 0 aliphatic heterocycles. The van der Waals surface area contributed by atoms with Gasteiger partial charge in [0.05, 0.1) is 22.5 Å². The lowest BCUT2D eigenvalue weighted by atomic mass is 10.1. The van der Waals surface area contributed by atoms with E-state index in [-0.39, 0.29) is 18.2 Å². The van der Waals surface area contributed by atoms with Gasteiger partial charge in [0.1, 0.15) is 0 Å². The van der Waals surface area contributed by atoms with E-state index in [0.717, 1.165) is 52.4 Å². The number of nitrogens with two attached hydrogens (primary N) is 1. The third-order valence-corrected chi connectivity index (χ3v) is 6.76. The first-order valence-corrected chi connectivity index (χ1v) is 12.6. The van der Waals surface area contributed by atoms with E-state index in [0.29, 0.717) is 18.7 Å². The van der Waals surface area contributed by atoms with Crippen LogP contribution in [0.1, 0.15) is 25.7 Å². The molecule has 0 bridgehead atoms. The molecule has 8 heteroatoms. The van der Waals surface area contributed by atoms with Gasteiger partial charge in [-0.3, -0.25) is 4.72 Å². The molecule has 4 rings (SSSR count). The summed E-state index contributed by atoms with van der Waals surface area (Å²) in [5.41, 5.74) is 9.73. The second kappa shape index (κ2) is 11.3. The third-order valence-electron chi connectivity index (χ3n) is 5.38. The second-order valence-corrected chi connectivity index (χ2v) is 9.69. The third kappa shape index (κ3) is 6.35. The van der Waals surface area contributed by atoms with Gasteiger partial charge < -0.3 is 11.1 Å². The van der Waals surface area contributed by atoms with Crippen molar-refractivity contribution < 1.29 is 8.42 Å². The van der Waals surface area contributed by atoms with Crippen molar-refractivity contribution in [2.75, 3.05) is 22.3 Å². The highest BCUT2D eigenvalue weighted by Gasteiger charge is 2.11. The Hall–Kier alpha value is -2.87. The summed E-state index contributed by atoms with van der Waals surface area (Å²) in [7, 11) is -3.36. The first-order chi connectivity index (χ1) is 15.6. The minimum Gasteiger partial charge on any atom is -0.354 e. The number of aromatic nitrogens is 1. The maximum Gasteiger partial charge on any atom is 0.232 e. The average Bonchev–Trinajstić information content (AvgIpc) is 2.80.